The van der Waals surface area contributed by atoms with Gasteiger partial charge in [-0.05, 0) is 144 Å². The number of hydrogen-bond donors (Lipinski definition) is 3. The van der Waals surface area contributed by atoms with Crippen molar-refractivity contribution in [2.24, 2.45) is 35.5 Å². The van der Waals surface area contributed by atoms with Crippen molar-refractivity contribution in [2.45, 2.75) is 193 Å². The van der Waals surface area contributed by atoms with Crippen LogP contribution in [0.5, 0.6) is 0 Å². The van der Waals surface area contributed by atoms with Gasteiger partial charge < -0.3 is 39.2 Å². The van der Waals surface area contributed by atoms with Gasteiger partial charge in [0, 0.05) is 39.3 Å². The third-order valence-corrected chi connectivity index (χ3v) is 17.9. The summed E-state index contributed by atoms with van der Waals surface area (Å²) in [5.74, 6) is -5.68. The molecule has 1 aliphatic carbocycles. The molecule has 0 spiro atoms. The van der Waals surface area contributed by atoms with Gasteiger partial charge in [-0.2, -0.15) is 4.31 Å². The minimum absolute atomic E-state index is 0.0192. The molecule has 390 valence electrons. The number of carbonyl (C=O) groups excluding carboxylic acids is 3. The zero-order valence-electron chi connectivity index (χ0n) is 43.1. The van der Waals surface area contributed by atoms with Crippen LogP contribution in [-0.4, -0.2) is 138 Å². The summed E-state index contributed by atoms with van der Waals surface area (Å²) in [6.07, 6.45) is 15.7. The number of allylic oxidation sites excluding steroid dienone is 6. The number of esters is 1. The van der Waals surface area contributed by atoms with Gasteiger partial charge >= 0.3 is 5.97 Å². The molecule has 1 unspecified atom stereocenters. The van der Waals surface area contributed by atoms with Crippen molar-refractivity contribution in [1.29, 1.82) is 0 Å². The van der Waals surface area contributed by atoms with Crippen LogP contribution in [0.4, 0.5) is 0 Å². The van der Waals surface area contributed by atoms with Crippen LogP contribution >= 0.6 is 0 Å². The Kier molecular flexibility index (Phi) is 21.1. The van der Waals surface area contributed by atoms with Gasteiger partial charge in [0.2, 0.25) is 15.8 Å². The predicted molar refractivity (Wildman–Crippen MR) is 267 cm³/mol. The molecule has 0 aromatic rings. The number of fused-ring (bicyclic) bond motifs is 3. The van der Waals surface area contributed by atoms with Gasteiger partial charge in [-0.3, -0.25) is 9.59 Å². The summed E-state index contributed by atoms with van der Waals surface area (Å²) in [5.41, 5.74) is 2.31. The van der Waals surface area contributed by atoms with E-state index in [-0.39, 0.29) is 60.8 Å². The Morgan fingerprint density at radius 1 is 0.841 bits per heavy atom. The van der Waals surface area contributed by atoms with Crippen LogP contribution in [0, 0.1) is 35.5 Å². The first-order valence-corrected chi connectivity index (χ1v) is 27.5. The van der Waals surface area contributed by atoms with Crippen molar-refractivity contribution < 1.29 is 57.1 Å². The Balaban J connectivity index is 1.48. The maximum absolute atomic E-state index is 14.5. The third-order valence-electron chi connectivity index (χ3n) is 16.0. The fourth-order valence-electron chi connectivity index (χ4n) is 11.5. The fourth-order valence-corrected chi connectivity index (χ4v) is 13.3. The average molecular weight is 987 g/mol. The number of methoxy groups -OCH3 is 2. The van der Waals surface area contributed by atoms with Crippen LogP contribution in [0.2, 0.25) is 0 Å². The first kappa shape index (κ1) is 56.9. The van der Waals surface area contributed by atoms with Crippen molar-refractivity contribution in [3.63, 3.8) is 0 Å². The topological polar surface area (TPSA) is 189 Å². The van der Waals surface area contributed by atoms with Gasteiger partial charge in [0.05, 0.1) is 24.1 Å². The molecule has 0 aromatic heterocycles. The van der Waals surface area contributed by atoms with E-state index in [1.54, 1.807) is 21.1 Å². The molecule has 1 amide bonds. The monoisotopic (exact) mass is 987 g/mol. The number of hydrogen-bond acceptors (Lipinski definition) is 12. The summed E-state index contributed by atoms with van der Waals surface area (Å²) >= 11 is 0. The number of piperidine rings is 1. The lowest BCUT2D eigenvalue weighted by atomic mass is 9.78. The van der Waals surface area contributed by atoms with Crippen molar-refractivity contribution in [3.8, 4) is 0 Å². The molecule has 4 heterocycles. The molecule has 5 aliphatic rings. The molecule has 15 atom stereocenters. The van der Waals surface area contributed by atoms with E-state index < -0.39 is 82.0 Å². The van der Waals surface area contributed by atoms with E-state index in [1.165, 1.54) is 9.21 Å². The highest BCUT2D eigenvalue weighted by Gasteiger charge is 2.53. The zero-order valence-corrected chi connectivity index (χ0v) is 43.9. The van der Waals surface area contributed by atoms with Crippen molar-refractivity contribution in [1.82, 2.24) is 9.21 Å². The number of nitrogens with zero attached hydrogens (tertiary/aromatic N) is 2. The second-order valence-electron chi connectivity index (χ2n) is 21.4. The molecule has 0 aromatic carbocycles. The van der Waals surface area contributed by atoms with E-state index in [9.17, 15) is 38.1 Å². The molecule has 15 heteroatoms. The van der Waals surface area contributed by atoms with Crippen molar-refractivity contribution in [2.75, 3.05) is 33.1 Å². The number of ether oxygens (including phenoxy) is 4. The van der Waals surface area contributed by atoms with E-state index in [0.717, 1.165) is 36.0 Å². The normalized spacial score (nSPS) is 40.9. The number of aliphatic hydroxyl groups excluding tert-OH is 2. The molecule has 2 bridgehead atoms. The molecule has 3 saturated heterocycles. The quantitative estimate of drug-likeness (QED) is 0.136. The third kappa shape index (κ3) is 14.6. The lowest BCUT2D eigenvalue weighted by Gasteiger charge is -2.43. The molecular formula is C54H86N2O12S. The van der Waals surface area contributed by atoms with Gasteiger partial charge in [0.25, 0.3) is 11.7 Å². The molecule has 4 fully saturated rings. The summed E-state index contributed by atoms with van der Waals surface area (Å²) in [6.45, 7) is 18.6. The lowest BCUT2D eigenvalue weighted by Crippen LogP contribution is -2.61. The number of amides is 1. The van der Waals surface area contributed by atoms with Crippen LogP contribution in [-0.2, 0) is 43.4 Å². The highest BCUT2D eigenvalue weighted by atomic mass is 32.2. The molecule has 5 rings (SSSR count). The summed E-state index contributed by atoms with van der Waals surface area (Å²) in [6, 6.07) is -1.67. The van der Waals surface area contributed by atoms with Gasteiger partial charge in [-0.15, -0.1) is 0 Å². The molecule has 1 saturated carbocycles. The summed E-state index contributed by atoms with van der Waals surface area (Å²) in [4.78, 5) is 44.6. The highest BCUT2D eigenvalue weighted by Crippen LogP contribution is 2.39. The highest BCUT2D eigenvalue weighted by molar-refractivity contribution is 7.89. The lowest BCUT2D eigenvalue weighted by molar-refractivity contribution is -0.264. The van der Waals surface area contributed by atoms with Gasteiger partial charge in [-0.25, -0.2) is 13.2 Å². The number of carbonyl (C=O) groups is 3. The molecule has 3 N–H and O–H groups in total. The Morgan fingerprint density at radius 3 is 2.26 bits per heavy atom. The standard InChI is InChI=1S/C54H86N2O12S/c1-34-17-12-11-13-18-36(3)45(56-27-16-28-69(56,63)64)33-43-23-21-40(7)54(62,68-43)51(59)52(60)55-26-15-14-19-44(55)53(61)67-47(38(5)31-42-22-24-46(57)48(32-42)65-9)25-20-35(2)30-39(6)49(58)50(66-10)41(8)37(4)29-34/h11-13,17-18,30,34-35,37-38,40,42-50,57-58,62H,8,14-16,19-29,31-33H2,1-7,9-10H3/b13-11+,17-12+,36-18+,39-30+/t34-,35+,37-,38-,40-,42+,43+,44+,45?,46-,47+,48-,49-,50+,54-/m1/s1. The number of cyclic esters (lactones) is 1. The second kappa shape index (κ2) is 25.6. The van der Waals surface area contributed by atoms with E-state index >= 15 is 0 Å². The number of rotatable bonds is 6. The second-order valence-corrected chi connectivity index (χ2v) is 23.5. The van der Waals surface area contributed by atoms with E-state index in [0.29, 0.717) is 64.3 Å². The SMILES string of the molecule is C=C1[C@H](C)C[C@H](C)/C=C/C=C/C=C(\C)C(N2CCCS2(=O)=O)C[C@@H]2CC[C@@H](C)[C@@](O)(O2)C(=O)C(=O)N2CCCC[C@H]2C(=O)O[C@H]([C@H](C)C[C@@H]2CC[C@@H](O)[C@H](OC)C2)CC[C@H](C)/C=C(\C)[C@@H](O)[C@H]1OC. The van der Waals surface area contributed by atoms with Gasteiger partial charge in [0.1, 0.15) is 24.4 Å². The average Bonchev–Trinajstić information content (AvgIpc) is 3.67. The Hall–Kier alpha value is -3.02. The van der Waals surface area contributed by atoms with Crippen LogP contribution in [0.1, 0.15) is 138 Å². The maximum atomic E-state index is 14.5. The van der Waals surface area contributed by atoms with Crippen LogP contribution in [0.3, 0.4) is 0 Å². The van der Waals surface area contributed by atoms with Crippen LogP contribution < -0.4 is 0 Å². The smallest absolute Gasteiger partial charge is 0.329 e. The minimum atomic E-state index is -3.58. The number of ketones is 1. The summed E-state index contributed by atoms with van der Waals surface area (Å²) in [7, 11) is -0.383. The van der Waals surface area contributed by atoms with E-state index in [4.69, 9.17) is 18.9 Å². The number of aliphatic hydroxyl groups is 3. The van der Waals surface area contributed by atoms with Gasteiger partial charge in [-0.1, -0.05) is 83.2 Å². The molecule has 14 nitrogen and oxygen atoms in total. The Morgan fingerprint density at radius 2 is 1.58 bits per heavy atom. The largest absolute Gasteiger partial charge is 0.461 e. The van der Waals surface area contributed by atoms with Crippen molar-refractivity contribution >= 4 is 27.7 Å². The van der Waals surface area contributed by atoms with E-state index in [2.05, 4.69) is 40.3 Å². The molecule has 0 radical (unpaired) electrons. The summed E-state index contributed by atoms with van der Waals surface area (Å²) < 4.78 is 52.5. The van der Waals surface area contributed by atoms with Gasteiger partial charge in [0.15, 0.2) is 0 Å². The predicted octanol–water partition coefficient (Wildman–Crippen LogP) is 7.38. The maximum Gasteiger partial charge on any atom is 0.329 e. The van der Waals surface area contributed by atoms with Crippen LogP contribution in [0.15, 0.2) is 59.8 Å². The molecule has 4 aliphatic heterocycles. The van der Waals surface area contributed by atoms with Crippen molar-refractivity contribution in [3.05, 3.63) is 59.8 Å². The molecular weight excluding hydrogens is 901 g/mol. The van der Waals surface area contributed by atoms with Crippen LogP contribution in [0.25, 0.3) is 0 Å². The number of sulfonamides is 1. The minimum Gasteiger partial charge on any atom is -0.461 e. The first-order chi connectivity index (χ1) is 32.6. The fraction of sp³-hybridized carbons (Fsp3) is 0.759. The number of Topliss-reactive ketones (excluding diaryl/α,β-unsaturated/α-hetero) is 1. The Labute approximate surface area is 413 Å². The zero-order chi connectivity index (χ0) is 50.8. The first-order valence-electron chi connectivity index (χ1n) is 25.9. The van der Waals surface area contributed by atoms with E-state index in [1.807, 2.05) is 44.2 Å². The Bertz CT molecular complexity index is 2000. The molecule has 69 heavy (non-hydrogen) atoms. The summed E-state index contributed by atoms with van der Waals surface area (Å²) in [5, 5.41) is 34.4.